The third-order valence-electron chi connectivity index (χ3n) is 4.49. The van der Waals surface area contributed by atoms with Gasteiger partial charge in [-0.2, -0.15) is 0 Å². The van der Waals surface area contributed by atoms with Crippen molar-refractivity contribution < 1.29 is 5.11 Å². The minimum absolute atomic E-state index is 0.680. The van der Waals surface area contributed by atoms with Crippen molar-refractivity contribution in [3.05, 3.63) is 42.2 Å². The zero-order valence-corrected chi connectivity index (χ0v) is 12.9. The van der Waals surface area contributed by atoms with Crippen LogP contribution in [0.5, 0.6) is 0 Å². The Bertz CT molecular complexity index is 610. The summed E-state index contributed by atoms with van der Waals surface area (Å²) in [5, 5.41) is 13.4. The minimum Gasteiger partial charge on any atom is -0.385 e. The van der Waals surface area contributed by atoms with Gasteiger partial charge in [-0.25, -0.2) is 0 Å². The first kappa shape index (κ1) is 14.5. The van der Waals surface area contributed by atoms with Gasteiger partial charge >= 0.3 is 0 Å². The molecular weight excluding hydrogens is 260 g/mol. The van der Waals surface area contributed by atoms with E-state index in [2.05, 4.69) is 35.9 Å². The van der Waals surface area contributed by atoms with Crippen molar-refractivity contribution in [1.29, 1.82) is 0 Å². The van der Waals surface area contributed by atoms with Crippen LogP contribution >= 0.6 is 0 Å². The minimum atomic E-state index is -0.700. The van der Waals surface area contributed by atoms with Crippen LogP contribution in [-0.2, 0) is 5.60 Å². The van der Waals surface area contributed by atoms with E-state index in [1.165, 1.54) is 0 Å². The Morgan fingerprint density at radius 2 is 2.00 bits per heavy atom. The highest BCUT2D eigenvalue weighted by Gasteiger charge is 2.35. The maximum atomic E-state index is 11.1. The molecule has 3 nitrogen and oxygen atoms in total. The van der Waals surface area contributed by atoms with Crippen molar-refractivity contribution in [2.45, 2.75) is 32.3 Å². The molecule has 1 fully saturated rings. The Hall–Kier alpha value is -1.45. The Morgan fingerprint density at radius 3 is 2.71 bits per heavy atom. The number of aliphatic hydroxyl groups is 1. The van der Waals surface area contributed by atoms with Crippen LogP contribution in [0.3, 0.4) is 0 Å². The summed E-state index contributed by atoms with van der Waals surface area (Å²) in [5.41, 5.74) is 0.362. The van der Waals surface area contributed by atoms with Crippen LogP contribution in [0.1, 0.15) is 32.3 Å². The van der Waals surface area contributed by atoms with Crippen LogP contribution in [0.15, 0.2) is 36.7 Å². The standard InChI is InChI=1S/C18H24N2O/c1-14(2)13-20-10-7-18(21,8-11-20)17-5-3-4-15-12-19-9-6-16(15)17/h3-6,9,12,14,21H,7-8,10-11,13H2,1-2H3. The third kappa shape index (κ3) is 2.94. The van der Waals surface area contributed by atoms with Crippen LogP contribution in [0.2, 0.25) is 0 Å². The predicted molar refractivity (Wildman–Crippen MR) is 86.2 cm³/mol. The van der Waals surface area contributed by atoms with Gasteiger partial charge in [0.25, 0.3) is 0 Å². The molecule has 1 saturated heterocycles. The number of hydrogen-bond acceptors (Lipinski definition) is 3. The van der Waals surface area contributed by atoms with E-state index in [1.54, 1.807) is 0 Å². The van der Waals surface area contributed by atoms with Gasteiger partial charge in [0.05, 0.1) is 5.60 Å². The maximum Gasteiger partial charge on any atom is 0.0926 e. The molecule has 0 saturated carbocycles. The van der Waals surface area contributed by atoms with Crippen LogP contribution < -0.4 is 0 Å². The van der Waals surface area contributed by atoms with Crippen molar-refractivity contribution in [3.63, 3.8) is 0 Å². The maximum absolute atomic E-state index is 11.1. The van der Waals surface area contributed by atoms with E-state index in [0.29, 0.717) is 5.92 Å². The van der Waals surface area contributed by atoms with Gasteiger partial charge in [-0.1, -0.05) is 32.0 Å². The van der Waals surface area contributed by atoms with Gasteiger partial charge in [0.2, 0.25) is 0 Å². The second-order valence-electron chi connectivity index (χ2n) is 6.63. The lowest BCUT2D eigenvalue weighted by Gasteiger charge is -2.39. The zero-order valence-electron chi connectivity index (χ0n) is 12.9. The van der Waals surface area contributed by atoms with Crippen LogP contribution in [0, 0.1) is 5.92 Å². The summed E-state index contributed by atoms with van der Waals surface area (Å²) >= 11 is 0. The molecule has 0 spiro atoms. The molecule has 3 heteroatoms. The fraction of sp³-hybridized carbons (Fsp3) is 0.500. The predicted octanol–water partition coefficient (Wildman–Crippen LogP) is 3.17. The molecule has 0 unspecified atom stereocenters. The third-order valence-corrected chi connectivity index (χ3v) is 4.49. The van der Waals surface area contributed by atoms with E-state index in [1.807, 2.05) is 24.5 Å². The molecule has 2 heterocycles. The number of benzene rings is 1. The molecule has 1 N–H and O–H groups in total. The van der Waals surface area contributed by atoms with Gasteiger partial charge in [-0.15, -0.1) is 0 Å². The molecule has 1 aromatic carbocycles. The monoisotopic (exact) mass is 284 g/mol. The van der Waals surface area contributed by atoms with Gasteiger partial charge in [-0.05, 0) is 35.8 Å². The molecule has 0 atom stereocenters. The zero-order chi connectivity index (χ0) is 14.9. The molecule has 0 aliphatic carbocycles. The largest absolute Gasteiger partial charge is 0.385 e. The summed E-state index contributed by atoms with van der Waals surface area (Å²) in [7, 11) is 0. The van der Waals surface area contributed by atoms with Gasteiger partial charge in [-0.3, -0.25) is 4.98 Å². The van der Waals surface area contributed by atoms with Gasteiger partial charge < -0.3 is 10.0 Å². The van der Waals surface area contributed by atoms with Crippen LogP contribution in [0.25, 0.3) is 10.8 Å². The number of fused-ring (bicyclic) bond motifs is 1. The smallest absolute Gasteiger partial charge is 0.0926 e. The van der Waals surface area contributed by atoms with Gasteiger partial charge in [0.1, 0.15) is 0 Å². The van der Waals surface area contributed by atoms with Crippen molar-refractivity contribution in [3.8, 4) is 0 Å². The highest BCUT2D eigenvalue weighted by molar-refractivity contribution is 5.85. The highest BCUT2D eigenvalue weighted by Crippen LogP contribution is 2.36. The lowest BCUT2D eigenvalue weighted by molar-refractivity contribution is -0.0268. The SMILES string of the molecule is CC(C)CN1CCC(O)(c2cccc3cnccc23)CC1. The van der Waals surface area contributed by atoms with Crippen LogP contribution in [0.4, 0.5) is 0 Å². The van der Waals surface area contributed by atoms with E-state index >= 15 is 0 Å². The van der Waals surface area contributed by atoms with Gasteiger partial charge in [0.15, 0.2) is 0 Å². The van der Waals surface area contributed by atoms with E-state index in [-0.39, 0.29) is 0 Å². The lowest BCUT2D eigenvalue weighted by atomic mass is 9.82. The van der Waals surface area contributed by atoms with E-state index in [4.69, 9.17) is 0 Å². The summed E-state index contributed by atoms with van der Waals surface area (Å²) < 4.78 is 0. The summed E-state index contributed by atoms with van der Waals surface area (Å²) in [6.07, 6.45) is 5.29. The summed E-state index contributed by atoms with van der Waals surface area (Å²) in [5.74, 6) is 0.680. The quantitative estimate of drug-likeness (QED) is 0.940. The fourth-order valence-electron chi connectivity index (χ4n) is 3.42. The first-order valence-electron chi connectivity index (χ1n) is 7.86. The Kier molecular flexibility index (Phi) is 3.96. The summed E-state index contributed by atoms with van der Waals surface area (Å²) in [4.78, 5) is 6.64. The molecule has 1 aliphatic heterocycles. The van der Waals surface area contributed by atoms with Crippen molar-refractivity contribution >= 4 is 10.8 Å². The average Bonchev–Trinajstić information content (AvgIpc) is 2.49. The van der Waals surface area contributed by atoms with Gasteiger partial charge in [0, 0.05) is 37.4 Å². The van der Waals surface area contributed by atoms with Crippen molar-refractivity contribution in [1.82, 2.24) is 9.88 Å². The fourth-order valence-corrected chi connectivity index (χ4v) is 3.42. The number of likely N-dealkylation sites (tertiary alicyclic amines) is 1. The molecule has 1 aliphatic rings. The number of piperidine rings is 1. The molecule has 21 heavy (non-hydrogen) atoms. The molecule has 3 rings (SSSR count). The molecule has 0 bridgehead atoms. The summed E-state index contributed by atoms with van der Waals surface area (Å²) in [6.45, 7) is 7.55. The second-order valence-corrected chi connectivity index (χ2v) is 6.63. The average molecular weight is 284 g/mol. The molecule has 0 amide bonds. The molecular formula is C18H24N2O. The first-order chi connectivity index (χ1) is 10.1. The lowest BCUT2D eigenvalue weighted by Crippen LogP contribution is -2.43. The number of pyridine rings is 1. The number of rotatable bonds is 3. The number of nitrogens with zero attached hydrogens (tertiary/aromatic N) is 2. The Labute approximate surface area is 126 Å². The topological polar surface area (TPSA) is 36.4 Å². The second kappa shape index (κ2) is 5.74. The number of hydrogen-bond donors (Lipinski definition) is 1. The van der Waals surface area contributed by atoms with Crippen molar-refractivity contribution in [2.75, 3.05) is 19.6 Å². The molecule has 112 valence electrons. The first-order valence-corrected chi connectivity index (χ1v) is 7.86. The highest BCUT2D eigenvalue weighted by atomic mass is 16.3. The van der Waals surface area contributed by atoms with E-state index < -0.39 is 5.60 Å². The molecule has 1 aromatic heterocycles. The van der Waals surface area contributed by atoms with Crippen molar-refractivity contribution in [2.24, 2.45) is 5.92 Å². The number of aromatic nitrogens is 1. The normalized spacial score (nSPS) is 19.2. The Morgan fingerprint density at radius 1 is 1.24 bits per heavy atom. The van der Waals surface area contributed by atoms with Crippen LogP contribution in [-0.4, -0.2) is 34.6 Å². The summed E-state index contributed by atoms with van der Waals surface area (Å²) in [6, 6.07) is 8.17. The Balaban J connectivity index is 1.86. The molecule has 0 radical (unpaired) electrons. The molecule has 2 aromatic rings. The van der Waals surface area contributed by atoms with E-state index in [9.17, 15) is 5.11 Å². The van der Waals surface area contributed by atoms with E-state index in [0.717, 1.165) is 48.8 Å².